The first kappa shape index (κ1) is 14.4. The lowest BCUT2D eigenvalue weighted by atomic mass is 10.1. The Morgan fingerprint density at radius 1 is 1.23 bits per heavy atom. The van der Waals surface area contributed by atoms with Crippen LogP contribution in [0.2, 0.25) is 0 Å². The minimum Gasteiger partial charge on any atom is -0.480 e. The second-order valence-electron chi connectivity index (χ2n) is 5.70. The molecule has 4 nitrogen and oxygen atoms in total. The van der Waals surface area contributed by atoms with E-state index < -0.39 is 6.10 Å². The van der Waals surface area contributed by atoms with E-state index in [1.807, 2.05) is 61.5 Å². The van der Waals surface area contributed by atoms with E-state index in [1.54, 1.807) is 0 Å². The predicted molar refractivity (Wildman–Crippen MR) is 87.2 cm³/mol. The molecule has 0 saturated heterocycles. The molecule has 1 aliphatic rings. The normalized spacial score (nSPS) is 15.8. The molecular formula is C18H20N2O2. The first-order chi connectivity index (χ1) is 10.6. The van der Waals surface area contributed by atoms with Gasteiger partial charge in [-0.2, -0.15) is 0 Å². The largest absolute Gasteiger partial charge is 0.480 e. The highest BCUT2D eigenvalue weighted by molar-refractivity contribution is 5.82. The Kier molecular flexibility index (Phi) is 4.00. The van der Waals surface area contributed by atoms with Gasteiger partial charge in [0, 0.05) is 32.7 Å². The fraction of sp³-hybridized carbons (Fsp3) is 0.278. The SMILES string of the molecule is CN(C)c1cccc(CNC(=O)[C@@H]2Cc3ccccc3O2)c1. The van der Waals surface area contributed by atoms with Gasteiger partial charge in [0.1, 0.15) is 5.75 Å². The van der Waals surface area contributed by atoms with Crippen LogP contribution in [0.4, 0.5) is 5.69 Å². The van der Waals surface area contributed by atoms with Crippen molar-refractivity contribution in [3.05, 3.63) is 59.7 Å². The highest BCUT2D eigenvalue weighted by Gasteiger charge is 2.28. The summed E-state index contributed by atoms with van der Waals surface area (Å²) in [5, 5.41) is 2.96. The Balaban J connectivity index is 1.59. The van der Waals surface area contributed by atoms with Gasteiger partial charge in [-0.25, -0.2) is 0 Å². The van der Waals surface area contributed by atoms with Crippen molar-refractivity contribution in [2.75, 3.05) is 19.0 Å². The number of benzene rings is 2. The van der Waals surface area contributed by atoms with E-state index in [0.29, 0.717) is 13.0 Å². The zero-order chi connectivity index (χ0) is 15.5. The summed E-state index contributed by atoms with van der Waals surface area (Å²) in [5.74, 6) is 0.753. The number of ether oxygens (including phenoxy) is 1. The van der Waals surface area contributed by atoms with Crippen molar-refractivity contribution in [1.29, 1.82) is 0 Å². The third kappa shape index (κ3) is 3.06. The number of carbonyl (C=O) groups is 1. The molecule has 1 atom stereocenters. The van der Waals surface area contributed by atoms with Crippen molar-refractivity contribution in [2.24, 2.45) is 0 Å². The molecule has 1 heterocycles. The number of nitrogens with zero attached hydrogens (tertiary/aromatic N) is 1. The van der Waals surface area contributed by atoms with Crippen LogP contribution in [0.3, 0.4) is 0 Å². The van der Waals surface area contributed by atoms with Gasteiger partial charge >= 0.3 is 0 Å². The van der Waals surface area contributed by atoms with Gasteiger partial charge < -0.3 is 15.0 Å². The average Bonchev–Trinajstić information content (AvgIpc) is 2.97. The summed E-state index contributed by atoms with van der Waals surface area (Å²) >= 11 is 0. The third-order valence-corrected chi connectivity index (χ3v) is 3.83. The monoisotopic (exact) mass is 296 g/mol. The zero-order valence-corrected chi connectivity index (χ0v) is 12.9. The molecule has 0 aromatic heterocycles. The number of fused-ring (bicyclic) bond motifs is 1. The lowest BCUT2D eigenvalue weighted by Crippen LogP contribution is -2.37. The number of rotatable bonds is 4. The Bertz CT molecular complexity index is 657. The minimum atomic E-state index is -0.422. The Labute approximate surface area is 130 Å². The van der Waals surface area contributed by atoms with Crippen LogP contribution < -0.4 is 15.0 Å². The van der Waals surface area contributed by atoms with E-state index in [-0.39, 0.29) is 5.91 Å². The maximum absolute atomic E-state index is 12.3. The van der Waals surface area contributed by atoms with E-state index >= 15 is 0 Å². The van der Waals surface area contributed by atoms with Crippen molar-refractivity contribution in [1.82, 2.24) is 5.32 Å². The van der Waals surface area contributed by atoms with Crippen LogP contribution in [-0.4, -0.2) is 26.1 Å². The molecule has 1 amide bonds. The molecule has 0 spiro atoms. The molecule has 0 fully saturated rings. The molecule has 0 saturated carbocycles. The molecular weight excluding hydrogens is 276 g/mol. The topological polar surface area (TPSA) is 41.6 Å². The maximum atomic E-state index is 12.3. The van der Waals surface area contributed by atoms with Crippen LogP contribution in [0.1, 0.15) is 11.1 Å². The molecule has 0 radical (unpaired) electrons. The van der Waals surface area contributed by atoms with E-state index in [1.165, 1.54) is 0 Å². The molecule has 2 aromatic rings. The van der Waals surface area contributed by atoms with Crippen molar-refractivity contribution in [3.63, 3.8) is 0 Å². The lowest BCUT2D eigenvalue weighted by molar-refractivity contribution is -0.127. The standard InChI is InChI=1S/C18H20N2O2/c1-20(2)15-8-5-6-13(10-15)12-19-18(21)17-11-14-7-3-4-9-16(14)22-17/h3-10,17H,11-12H2,1-2H3,(H,19,21)/t17-/m0/s1. The maximum Gasteiger partial charge on any atom is 0.261 e. The highest BCUT2D eigenvalue weighted by Crippen LogP contribution is 2.28. The molecule has 0 aliphatic carbocycles. The van der Waals surface area contributed by atoms with E-state index in [4.69, 9.17) is 4.74 Å². The van der Waals surface area contributed by atoms with Gasteiger partial charge in [0.15, 0.2) is 6.10 Å². The fourth-order valence-electron chi connectivity index (χ4n) is 2.58. The van der Waals surface area contributed by atoms with Gasteiger partial charge in [-0.05, 0) is 29.3 Å². The number of anilines is 1. The summed E-state index contributed by atoms with van der Waals surface area (Å²) in [5.41, 5.74) is 3.29. The molecule has 2 aromatic carbocycles. The van der Waals surface area contributed by atoms with Crippen LogP contribution >= 0.6 is 0 Å². The number of para-hydroxylation sites is 1. The van der Waals surface area contributed by atoms with Gasteiger partial charge in [0.25, 0.3) is 5.91 Å². The highest BCUT2D eigenvalue weighted by atomic mass is 16.5. The third-order valence-electron chi connectivity index (χ3n) is 3.83. The van der Waals surface area contributed by atoms with Crippen LogP contribution in [0.25, 0.3) is 0 Å². The van der Waals surface area contributed by atoms with Crippen molar-refractivity contribution < 1.29 is 9.53 Å². The van der Waals surface area contributed by atoms with Crippen molar-refractivity contribution >= 4 is 11.6 Å². The van der Waals surface area contributed by atoms with E-state index in [2.05, 4.69) is 11.4 Å². The van der Waals surface area contributed by atoms with Gasteiger partial charge in [-0.1, -0.05) is 30.3 Å². The summed E-state index contributed by atoms with van der Waals surface area (Å²) in [6.45, 7) is 0.511. The van der Waals surface area contributed by atoms with Crippen LogP contribution in [-0.2, 0) is 17.8 Å². The van der Waals surface area contributed by atoms with Crippen LogP contribution in [0, 0.1) is 0 Å². The molecule has 0 unspecified atom stereocenters. The fourth-order valence-corrected chi connectivity index (χ4v) is 2.58. The quantitative estimate of drug-likeness (QED) is 0.942. The summed E-state index contributed by atoms with van der Waals surface area (Å²) in [6, 6.07) is 15.9. The van der Waals surface area contributed by atoms with Gasteiger partial charge in [0.05, 0.1) is 0 Å². The summed E-state index contributed by atoms with van der Waals surface area (Å²) in [7, 11) is 4.00. The summed E-state index contributed by atoms with van der Waals surface area (Å²) in [6.07, 6.45) is 0.217. The molecule has 1 aliphatic heterocycles. The smallest absolute Gasteiger partial charge is 0.261 e. The molecule has 114 valence electrons. The first-order valence-corrected chi connectivity index (χ1v) is 7.42. The molecule has 0 bridgehead atoms. The number of amides is 1. The van der Waals surface area contributed by atoms with E-state index in [0.717, 1.165) is 22.6 Å². The van der Waals surface area contributed by atoms with Crippen LogP contribution in [0.15, 0.2) is 48.5 Å². The summed E-state index contributed by atoms with van der Waals surface area (Å²) in [4.78, 5) is 14.3. The second kappa shape index (κ2) is 6.10. The lowest BCUT2D eigenvalue weighted by Gasteiger charge is -2.15. The first-order valence-electron chi connectivity index (χ1n) is 7.42. The van der Waals surface area contributed by atoms with E-state index in [9.17, 15) is 4.79 Å². The molecule has 22 heavy (non-hydrogen) atoms. The summed E-state index contributed by atoms with van der Waals surface area (Å²) < 4.78 is 5.70. The Morgan fingerprint density at radius 3 is 2.82 bits per heavy atom. The zero-order valence-electron chi connectivity index (χ0n) is 12.9. The van der Waals surface area contributed by atoms with Crippen molar-refractivity contribution in [2.45, 2.75) is 19.1 Å². The average molecular weight is 296 g/mol. The number of hydrogen-bond donors (Lipinski definition) is 1. The Hall–Kier alpha value is -2.49. The molecule has 4 heteroatoms. The number of carbonyl (C=O) groups excluding carboxylic acids is 1. The van der Waals surface area contributed by atoms with Crippen molar-refractivity contribution in [3.8, 4) is 5.75 Å². The van der Waals surface area contributed by atoms with Gasteiger partial charge in [0.2, 0.25) is 0 Å². The van der Waals surface area contributed by atoms with Gasteiger partial charge in [-0.3, -0.25) is 4.79 Å². The molecule has 3 rings (SSSR count). The Morgan fingerprint density at radius 2 is 2.05 bits per heavy atom. The second-order valence-corrected chi connectivity index (χ2v) is 5.70. The van der Waals surface area contributed by atoms with Gasteiger partial charge in [-0.15, -0.1) is 0 Å². The predicted octanol–water partition coefficient (Wildman–Crippen LogP) is 2.37. The number of hydrogen-bond acceptors (Lipinski definition) is 3. The van der Waals surface area contributed by atoms with Crippen LogP contribution in [0.5, 0.6) is 5.75 Å². The minimum absolute atomic E-state index is 0.0635. The number of nitrogens with one attached hydrogen (secondary N) is 1. The molecule has 1 N–H and O–H groups in total.